The number of methoxy groups -OCH3 is 1. The third-order valence-corrected chi connectivity index (χ3v) is 3.90. The molecule has 1 aromatic carbocycles. The Balaban J connectivity index is 2.30. The fourth-order valence-electron chi connectivity index (χ4n) is 2.51. The summed E-state index contributed by atoms with van der Waals surface area (Å²) in [6.45, 7) is 3.75. The third-order valence-electron chi connectivity index (χ3n) is 3.90. The van der Waals surface area contributed by atoms with Crippen molar-refractivity contribution in [2.75, 3.05) is 7.11 Å². The van der Waals surface area contributed by atoms with E-state index in [2.05, 4.69) is 6.07 Å². The van der Waals surface area contributed by atoms with Gasteiger partial charge in [-0.3, -0.25) is 4.79 Å². The second-order valence-corrected chi connectivity index (χ2v) is 5.49. The largest absolute Gasteiger partial charge is 0.469 e. The van der Waals surface area contributed by atoms with E-state index in [0.717, 1.165) is 5.56 Å². The van der Waals surface area contributed by atoms with Gasteiger partial charge in [-0.05, 0) is 5.56 Å². The summed E-state index contributed by atoms with van der Waals surface area (Å²) < 4.78 is 10.9. The highest BCUT2D eigenvalue weighted by molar-refractivity contribution is 5.74. The van der Waals surface area contributed by atoms with Crippen LogP contribution in [0, 0.1) is 11.3 Å². The first kappa shape index (κ1) is 16.1. The molecular weight excluding hydrogens is 280 g/mol. The molecule has 1 amide bonds. The molecule has 1 heterocycles. The standard InChI is InChI=1S/C17H20N2O3/c1-13(20)19(11-14-7-5-4-6-8-14)16-9-17(2,21-3)22-12-15(16)10-18/h4-8,12,16H,9,11H2,1-3H3. The number of benzene rings is 1. The molecule has 0 fully saturated rings. The highest BCUT2D eigenvalue weighted by Gasteiger charge is 2.39. The van der Waals surface area contributed by atoms with Crippen molar-refractivity contribution in [3.05, 3.63) is 47.7 Å². The molecule has 5 nitrogen and oxygen atoms in total. The molecule has 0 N–H and O–H groups in total. The van der Waals surface area contributed by atoms with Gasteiger partial charge in [0.05, 0.1) is 11.6 Å². The van der Waals surface area contributed by atoms with E-state index in [1.807, 2.05) is 30.3 Å². The second kappa shape index (κ2) is 6.63. The van der Waals surface area contributed by atoms with Crippen molar-refractivity contribution >= 4 is 5.91 Å². The average molecular weight is 300 g/mol. The summed E-state index contributed by atoms with van der Waals surface area (Å²) in [5, 5.41) is 9.32. The van der Waals surface area contributed by atoms with E-state index in [0.29, 0.717) is 18.5 Å². The minimum atomic E-state index is -0.838. The summed E-state index contributed by atoms with van der Waals surface area (Å²) in [5.41, 5.74) is 1.45. The number of ether oxygens (including phenoxy) is 2. The SMILES string of the molecule is COC1(C)CC(N(Cc2ccccc2)C(C)=O)C(C#N)=CO1. The molecule has 2 atom stereocenters. The molecule has 2 unspecified atom stereocenters. The number of hydrogen-bond donors (Lipinski definition) is 0. The van der Waals surface area contributed by atoms with E-state index in [9.17, 15) is 10.1 Å². The van der Waals surface area contributed by atoms with Crippen molar-refractivity contribution in [3.63, 3.8) is 0 Å². The summed E-state index contributed by atoms with van der Waals surface area (Å²) in [7, 11) is 1.55. The van der Waals surface area contributed by atoms with Gasteiger partial charge in [-0.15, -0.1) is 0 Å². The Kier molecular flexibility index (Phi) is 4.84. The van der Waals surface area contributed by atoms with Gasteiger partial charge >= 0.3 is 0 Å². The van der Waals surface area contributed by atoms with Gasteiger partial charge < -0.3 is 14.4 Å². The van der Waals surface area contributed by atoms with Crippen LogP contribution in [0.4, 0.5) is 0 Å². The lowest BCUT2D eigenvalue weighted by Gasteiger charge is -2.40. The molecule has 1 aliphatic rings. The van der Waals surface area contributed by atoms with Gasteiger partial charge in [-0.25, -0.2) is 0 Å². The number of carbonyl (C=O) groups is 1. The molecular formula is C17H20N2O3. The van der Waals surface area contributed by atoms with E-state index in [1.165, 1.54) is 13.2 Å². The zero-order chi connectivity index (χ0) is 16.2. The van der Waals surface area contributed by atoms with Gasteiger partial charge in [-0.1, -0.05) is 30.3 Å². The molecule has 116 valence electrons. The molecule has 0 aromatic heterocycles. The Bertz CT molecular complexity index is 606. The molecule has 5 heteroatoms. The van der Waals surface area contributed by atoms with Crippen LogP contribution < -0.4 is 0 Å². The van der Waals surface area contributed by atoms with Crippen LogP contribution in [0.1, 0.15) is 25.8 Å². The first-order valence-corrected chi connectivity index (χ1v) is 7.13. The zero-order valence-electron chi connectivity index (χ0n) is 13.1. The van der Waals surface area contributed by atoms with E-state index < -0.39 is 5.79 Å². The van der Waals surface area contributed by atoms with Gasteiger partial charge in [-0.2, -0.15) is 5.26 Å². The number of nitriles is 1. The molecule has 1 aromatic rings. The van der Waals surface area contributed by atoms with E-state index in [4.69, 9.17) is 9.47 Å². The Hall–Kier alpha value is -2.32. The fraction of sp³-hybridized carbons (Fsp3) is 0.412. The van der Waals surface area contributed by atoms with Gasteiger partial charge in [0.25, 0.3) is 0 Å². The van der Waals surface area contributed by atoms with Crippen LogP contribution in [-0.2, 0) is 20.8 Å². The Morgan fingerprint density at radius 1 is 1.50 bits per heavy atom. The normalized spacial score (nSPS) is 23.9. The highest BCUT2D eigenvalue weighted by Crippen LogP contribution is 2.31. The molecule has 1 aliphatic heterocycles. The molecule has 0 aliphatic carbocycles. The molecule has 22 heavy (non-hydrogen) atoms. The van der Waals surface area contributed by atoms with Crippen LogP contribution in [0.15, 0.2) is 42.2 Å². The number of hydrogen-bond acceptors (Lipinski definition) is 4. The fourth-order valence-corrected chi connectivity index (χ4v) is 2.51. The van der Waals surface area contributed by atoms with Crippen LogP contribution in [0.2, 0.25) is 0 Å². The van der Waals surface area contributed by atoms with E-state index >= 15 is 0 Å². The van der Waals surface area contributed by atoms with Gasteiger partial charge in [0, 0.05) is 33.9 Å². The first-order chi connectivity index (χ1) is 10.5. The lowest BCUT2D eigenvalue weighted by molar-refractivity contribution is -0.196. The quantitative estimate of drug-likeness (QED) is 0.857. The minimum Gasteiger partial charge on any atom is -0.469 e. The van der Waals surface area contributed by atoms with Crippen LogP contribution in [-0.4, -0.2) is 29.7 Å². The molecule has 0 radical (unpaired) electrons. The smallest absolute Gasteiger partial charge is 0.220 e. The van der Waals surface area contributed by atoms with Crippen LogP contribution >= 0.6 is 0 Å². The van der Waals surface area contributed by atoms with Crippen molar-refractivity contribution in [1.82, 2.24) is 4.90 Å². The van der Waals surface area contributed by atoms with Crippen molar-refractivity contribution in [3.8, 4) is 6.07 Å². The molecule has 0 saturated heterocycles. The maximum Gasteiger partial charge on any atom is 0.220 e. The van der Waals surface area contributed by atoms with Crippen molar-refractivity contribution < 1.29 is 14.3 Å². The zero-order valence-corrected chi connectivity index (χ0v) is 13.1. The monoisotopic (exact) mass is 300 g/mol. The number of amides is 1. The lowest BCUT2D eigenvalue weighted by atomic mass is 9.96. The summed E-state index contributed by atoms with van der Waals surface area (Å²) in [5.74, 6) is -0.926. The molecule has 0 spiro atoms. The third kappa shape index (κ3) is 3.46. The van der Waals surface area contributed by atoms with Crippen molar-refractivity contribution in [1.29, 1.82) is 5.26 Å². The number of nitrogens with zero attached hydrogens (tertiary/aromatic N) is 2. The second-order valence-electron chi connectivity index (χ2n) is 5.49. The van der Waals surface area contributed by atoms with Gasteiger partial charge in [0.15, 0.2) is 0 Å². The summed E-state index contributed by atoms with van der Waals surface area (Å²) in [6.07, 6.45) is 1.81. The predicted octanol–water partition coefficient (Wildman–Crippen LogP) is 2.59. The van der Waals surface area contributed by atoms with E-state index in [1.54, 1.807) is 18.9 Å². The summed E-state index contributed by atoms with van der Waals surface area (Å²) in [6, 6.07) is 11.5. The average Bonchev–Trinajstić information content (AvgIpc) is 2.53. The first-order valence-electron chi connectivity index (χ1n) is 7.13. The van der Waals surface area contributed by atoms with Crippen molar-refractivity contribution in [2.24, 2.45) is 0 Å². The van der Waals surface area contributed by atoms with Crippen LogP contribution in [0.25, 0.3) is 0 Å². The molecule has 0 bridgehead atoms. The summed E-state index contributed by atoms with van der Waals surface area (Å²) in [4.78, 5) is 13.8. The Morgan fingerprint density at radius 2 is 2.18 bits per heavy atom. The van der Waals surface area contributed by atoms with Crippen LogP contribution in [0.3, 0.4) is 0 Å². The maximum atomic E-state index is 12.1. The maximum absolute atomic E-state index is 12.1. The van der Waals surface area contributed by atoms with Gasteiger partial charge in [0.1, 0.15) is 12.3 Å². The lowest BCUT2D eigenvalue weighted by Crippen LogP contribution is -2.48. The number of rotatable bonds is 4. The molecule has 0 saturated carbocycles. The predicted molar refractivity (Wildman–Crippen MR) is 81.3 cm³/mol. The van der Waals surface area contributed by atoms with E-state index in [-0.39, 0.29) is 11.9 Å². The van der Waals surface area contributed by atoms with Crippen molar-refractivity contribution in [2.45, 2.75) is 38.6 Å². The topological polar surface area (TPSA) is 62.6 Å². The number of carbonyl (C=O) groups excluding carboxylic acids is 1. The minimum absolute atomic E-state index is 0.0876. The van der Waals surface area contributed by atoms with Crippen LogP contribution in [0.5, 0.6) is 0 Å². The molecule has 2 rings (SSSR count). The highest BCUT2D eigenvalue weighted by atomic mass is 16.7. The Morgan fingerprint density at radius 3 is 2.73 bits per heavy atom. The Labute approximate surface area is 130 Å². The summed E-state index contributed by atoms with van der Waals surface area (Å²) >= 11 is 0. The van der Waals surface area contributed by atoms with Gasteiger partial charge in [0.2, 0.25) is 11.7 Å².